The SMILES string of the molecule is NC1CCc2c1cc(Cl)cc2[N+](=O)[O-]. The van der Waals surface area contributed by atoms with E-state index in [-0.39, 0.29) is 11.7 Å². The molecule has 1 atom stereocenters. The van der Waals surface area contributed by atoms with E-state index >= 15 is 0 Å². The van der Waals surface area contributed by atoms with Gasteiger partial charge in [0, 0.05) is 22.7 Å². The van der Waals surface area contributed by atoms with Crippen LogP contribution in [0.15, 0.2) is 12.1 Å². The Balaban J connectivity index is 2.63. The van der Waals surface area contributed by atoms with Crippen LogP contribution >= 0.6 is 11.6 Å². The van der Waals surface area contributed by atoms with E-state index in [9.17, 15) is 10.1 Å². The molecule has 0 heterocycles. The summed E-state index contributed by atoms with van der Waals surface area (Å²) in [4.78, 5) is 10.3. The maximum atomic E-state index is 10.7. The zero-order valence-electron chi connectivity index (χ0n) is 7.37. The number of halogens is 1. The van der Waals surface area contributed by atoms with Gasteiger partial charge in [-0.2, -0.15) is 0 Å². The largest absolute Gasteiger partial charge is 0.324 e. The number of nitro benzene ring substituents is 1. The summed E-state index contributed by atoms with van der Waals surface area (Å²) in [5, 5.41) is 11.1. The van der Waals surface area contributed by atoms with Crippen LogP contribution in [0.1, 0.15) is 23.6 Å². The standard InChI is InChI=1S/C9H9ClN2O2/c10-5-3-7-6(1-2-8(7)11)9(4-5)12(13)14/h3-4,8H,1-2,11H2. The molecule has 14 heavy (non-hydrogen) atoms. The molecule has 0 aliphatic heterocycles. The molecule has 1 aromatic carbocycles. The Morgan fingerprint density at radius 1 is 1.57 bits per heavy atom. The van der Waals surface area contributed by atoms with Crippen LogP contribution < -0.4 is 5.73 Å². The molecule has 2 rings (SSSR count). The molecule has 1 aromatic rings. The maximum absolute atomic E-state index is 10.7. The molecule has 0 amide bonds. The topological polar surface area (TPSA) is 69.2 Å². The normalized spacial score (nSPS) is 19.4. The summed E-state index contributed by atoms with van der Waals surface area (Å²) in [6.07, 6.45) is 1.43. The number of hydrogen-bond acceptors (Lipinski definition) is 3. The lowest BCUT2D eigenvalue weighted by Gasteiger charge is -2.05. The Kier molecular flexibility index (Phi) is 2.17. The lowest BCUT2D eigenvalue weighted by atomic mass is 10.1. The highest BCUT2D eigenvalue weighted by molar-refractivity contribution is 6.30. The Bertz CT molecular complexity index is 406. The van der Waals surface area contributed by atoms with Crippen molar-refractivity contribution < 1.29 is 4.92 Å². The Morgan fingerprint density at radius 2 is 2.29 bits per heavy atom. The minimum Gasteiger partial charge on any atom is -0.324 e. The van der Waals surface area contributed by atoms with E-state index in [1.807, 2.05) is 0 Å². The van der Waals surface area contributed by atoms with Gasteiger partial charge < -0.3 is 5.73 Å². The van der Waals surface area contributed by atoms with Crippen LogP contribution in [0.4, 0.5) is 5.69 Å². The third-order valence-corrected chi connectivity index (χ3v) is 2.75. The third kappa shape index (κ3) is 1.36. The van der Waals surface area contributed by atoms with Gasteiger partial charge in [-0.3, -0.25) is 10.1 Å². The Hall–Kier alpha value is -1.13. The van der Waals surface area contributed by atoms with Crippen molar-refractivity contribution in [3.05, 3.63) is 38.4 Å². The first kappa shape index (κ1) is 9.43. The predicted octanol–water partition coefficient (Wildman–Crippen LogP) is 2.19. The fraction of sp³-hybridized carbons (Fsp3) is 0.333. The van der Waals surface area contributed by atoms with Crippen molar-refractivity contribution >= 4 is 17.3 Å². The second-order valence-electron chi connectivity index (χ2n) is 3.39. The Labute approximate surface area is 85.8 Å². The van der Waals surface area contributed by atoms with Crippen molar-refractivity contribution in [3.8, 4) is 0 Å². The lowest BCUT2D eigenvalue weighted by molar-refractivity contribution is -0.385. The van der Waals surface area contributed by atoms with Gasteiger partial charge in [0.15, 0.2) is 0 Å². The van der Waals surface area contributed by atoms with Crippen LogP contribution in [0, 0.1) is 10.1 Å². The minimum absolute atomic E-state index is 0.0976. The fourth-order valence-corrected chi connectivity index (χ4v) is 2.09. The molecular weight excluding hydrogens is 204 g/mol. The average Bonchev–Trinajstić information content (AvgIpc) is 2.47. The molecule has 0 spiro atoms. The summed E-state index contributed by atoms with van der Waals surface area (Å²) in [6, 6.07) is 3.00. The first-order chi connectivity index (χ1) is 6.59. The molecule has 0 saturated heterocycles. The molecule has 4 nitrogen and oxygen atoms in total. The van der Waals surface area contributed by atoms with Gasteiger partial charge in [-0.1, -0.05) is 11.6 Å². The van der Waals surface area contributed by atoms with Crippen LogP contribution in [0.5, 0.6) is 0 Å². The summed E-state index contributed by atoms with van der Waals surface area (Å²) in [7, 11) is 0. The smallest absolute Gasteiger partial charge is 0.274 e. The number of hydrogen-bond donors (Lipinski definition) is 1. The second kappa shape index (κ2) is 3.22. The van der Waals surface area contributed by atoms with Crippen molar-refractivity contribution in [2.75, 3.05) is 0 Å². The van der Waals surface area contributed by atoms with Crippen molar-refractivity contribution in [3.63, 3.8) is 0 Å². The zero-order valence-corrected chi connectivity index (χ0v) is 8.12. The predicted molar refractivity (Wildman–Crippen MR) is 53.4 cm³/mol. The van der Waals surface area contributed by atoms with Crippen LogP contribution in [-0.4, -0.2) is 4.92 Å². The quantitative estimate of drug-likeness (QED) is 0.573. The van der Waals surface area contributed by atoms with Crippen LogP contribution in [-0.2, 0) is 6.42 Å². The van der Waals surface area contributed by atoms with Gasteiger partial charge in [0.1, 0.15) is 0 Å². The monoisotopic (exact) mass is 212 g/mol. The van der Waals surface area contributed by atoms with E-state index < -0.39 is 4.92 Å². The van der Waals surface area contributed by atoms with Gasteiger partial charge in [-0.15, -0.1) is 0 Å². The van der Waals surface area contributed by atoms with Gasteiger partial charge in [0.05, 0.1) is 4.92 Å². The third-order valence-electron chi connectivity index (χ3n) is 2.53. The van der Waals surface area contributed by atoms with Crippen molar-refractivity contribution in [2.24, 2.45) is 5.73 Å². The summed E-state index contributed by atoms with van der Waals surface area (Å²) in [6.45, 7) is 0. The number of nitro groups is 1. The van der Waals surface area contributed by atoms with Gasteiger partial charge in [0.2, 0.25) is 0 Å². The molecule has 0 fully saturated rings. The molecule has 1 aliphatic rings. The highest BCUT2D eigenvalue weighted by atomic mass is 35.5. The molecule has 5 heteroatoms. The van der Waals surface area contributed by atoms with Gasteiger partial charge in [0.25, 0.3) is 5.69 Å². The molecule has 1 unspecified atom stereocenters. The van der Waals surface area contributed by atoms with E-state index in [1.165, 1.54) is 6.07 Å². The fourth-order valence-electron chi connectivity index (χ4n) is 1.86. The zero-order chi connectivity index (χ0) is 10.3. The second-order valence-corrected chi connectivity index (χ2v) is 3.83. The van der Waals surface area contributed by atoms with Gasteiger partial charge in [-0.05, 0) is 24.5 Å². The number of rotatable bonds is 1. The molecule has 0 saturated carbocycles. The molecule has 0 aromatic heterocycles. The molecule has 74 valence electrons. The molecule has 0 radical (unpaired) electrons. The van der Waals surface area contributed by atoms with Crippen molar-refractivity contribution in [1.29, 1.82) is 0 Å². The van der Waals surface area contributed by atoms with E-state index in [0.717, 1.165) is 17.5 Å². The molecule has 0 bridgehead atoms. The van der Waals surface area contributed by atoms with Crippen LogP contribution in [0.2, 0.25) is 5.02 Å². The summed E-state index contributed by atoms with van der Waals surface area (Å²) >= 11 is 5.78. The first-order valence-electron chi connectivity index (χ1n) is 4.32. The average molecular weight is 213 g/mol. The summed E-state index contributed by atoms with van der Waals surface area (Å²) in [5.74, 6) is 0. The number of benzene rings is 1. The summed E-state index contributed by atoms with van der Waals surface area (Å²) in [5.41, 5.74) is 7.47. The van der Waals surface area contributed by atoms with Crippen LogP contribution in [0.3, 0.4) is 0 Å². The van der Waals surface area contributed by atoms with E-state index in [1.54, 1.807) is 6.07 Å². The van der Waals surface area contributed by atoms with E-state index in [4.69, 9.17) is 17.3 Å². The number of nitrogens with zero attached hydrogens (tertiary/aromatic N) is 1. The first-order valence-corrected chi connectivity index (χ1v) is 4.69. The van der Waals surface area contributed by atoms with E-state index in [2.05, 4.69) is 0 Å². The summed E-state index contributed by atoms with van der Waals surface area (Å²) < 4.78 is 0. The van der Waals surface area contributed by atoms with Crippen LogP contribution in [0.25, 0.3) is 0 Å². The highest BCUT2D eigenvalue weighted by Gasteiger charge is 2.27. The van der Waals surface area contributed by atoms with Gasteiger partial charge >= 0.3 is 0 Å². The number of nitrogens with two attached hydrogens (primary N) is 1. The van der Waals surface area contributed by atoms with E-state index in [0.29, 0.717) is 11.4 Å². The molecule has 1 aliphatic carbocycles. The number of fused-ring (bicyclic) bond motifs is 1. The highest BCUT2D eigenvalue weighted by Crippen LogP contribution is 2.37. The maximum Gasteiger partial charge on any atom is 0.274 e. The van der Waals surface area contributed by atoms with Gasteiger partial charge in [-0.25, -0.2) is 0 Å². The molecule has 2 N–H and O–H groups in total. The van der Waals surface area contributed by atoms with Crippen molar-refractivity contribution in [1.82, 2.24) is 0 Å². The van der Waals surface area contributed by atoms with Crippen molar-refractivity contribution in [2.45, 2.75) is 18.9 Å². The Morgan fingerprint density at radius 3 is 2.93 bits per heavy atom. The lowest BCUT2D eigenvalue weighted by Crippen LogP contribution is -2.05. The minimum atomic E-state index is -0.400. The molecular formula is C9H9ClN2O2.